The Hall–Kier alpha value is -1.82. The fraction of sp³-hybridized carbons (Fsp3) is 0.429. The van der Waals surface area contributed by atoms with Crippen molar-refractivity contribution in [2.24, 2.45) is 5.16 Å². The molecule has 1 aromatic rings. The number of rotatable bonds is 7. The maximum absolute atomic E-state index is 8.71. The molecule has 0 unspecified atom stereocenters. The van der Waals surface area contributed by atoms with Crippen molar-refractivity contribution < 1.29 is 4.84 Å². The molecule has 1 rings (SSSR count). The van der Waals surface area contributed by atoms with Gasteiger partial charge < -0.3 is 4.84 Å². The summed E-state index contributed by atoms with van der Waals surface area (Å²) < 4.78 is 0. The van der Waals surface area contributed by atoms with Gasteiger partial charge in [-0.05, 0) is 25.0 Å². The lowest BCUT2D eigenvalue weighted by Gasteiger charge is -1.98. The van der Waals surface area contributed by atoms with Gasteiger partial charge in [0.1, 0.15) is 12.8 Å². The number of nitriles is 1. The normalized spacial score (nSPS) is 10.4. The monoisotopic (exact) mass is 229 g/mol. The maximum atomic E-state index is 8.71. The molecule has 0 bridgehead atoms. The molecule has 0 aromatic heterocycles. The molecule has 0 atom stereocenters. The first-order valence-corrected chi connectivity index (χ1v) is 5.95. The fourth-order valence-corrected chi connectivity index (χ4v) is 1.38. The Labute approximate surface area is 103 Å². The lowest BCUT2D eigenvalue weighted by Crippen LogP contribution is -1.89. The van der Waals surface area contributed by atoms with Crippen LogP contribution in [0, 0.1) is 11.3 Å². The van der Waals surface area contributed by atoms with Crippen LogP contribution in [0.4, 0.5) is 0 Å². The summed E-state index contributed by atoms with van der Waals surface area (Å²) in [5.74, 6) is 0. The number of hydrogen-bond donors (Lipinski definition) is 0. The lowest BCUT2D eigenvalue weighted by molar-refractivity contribution is 0.141. The van der Waals surface area contributed by atoms with Gasteiger partial charge in [-0.25, -0.2) is 0 Å². The van der Waals surface area contributed by atoms with E-state index < -0.39 is 0 Å². The van der Waals surface area contributed by atoms with Crippen molar-refractivity contribution in [3.63, 3.8) is 0 Å². The van der Waals surface area contributed by atoms with Crippen molar-refractivity contribution >= 4 is 6.21 Å². The van der Waals surface area contributed by atoms with Crippen LogP contribution in [0.1, 0.15) is 43.7 Å². The molecule has 0 aliphatic heterocycles. The Kier molecular flexibility index (Phi) is 6.50. The minimum atomic E-state index is 0.605. The van der Waals surface area contributed by atoms with E-state index in [0.717, 1.165) is 12.0 Å². The zero-order chi connectivity index (χ0) is 12.3. The van der Waals surface area contributed by atoms with Crippen LogP contribution < -0.4 is 0 Å². The van der Waals surface area contributed by atoms with Gasteiger partial charge in [-0.2, -0.15) is 5.26 Å². The van der Waals surface area contributed by atoms with E-state index in [1.165, 1.54) is 19.3 Å². The van der Waals surface area contributed by atoms with Crippen LogP contribution in [0.3, 0.4) is 0 Å². The molecule has 17 heavy (non-hydrogen) atoms. The van der Waals surface area contributed by atoms with E-state index >= 15 is 0 Å². The summed E-state index contributed by atoms with van der Waals surface area (Å²) in [5, 5.41) is 12.5. The van der Waals surface area contributed by atoms with Crippen LogP contribution >= 0.6 is 0 Å². The highest BCUT2D eigenvalue weighted by atomic mass is 16.6. The summed E-state index contributed by atoms with van der Waals surface area (Å²) in [4.78, 5) is 5.09. The minimum Gasteiger partial charge on any atom is -0.395 e. The largest absolute Gasteiger partial charge is 0.395 e. The van der Waals surface area contributed by atoms with Crippen molar-refractivity contribution in [1.29, 1.82) is 5.26 Å². The second-order valence-corrected chi connectivity index (χ2v) is 3.79. The molecule has 0 N–H and O–H groups in total. The summed E-state index contributed by atoms with van der Waals surface area (Å²) in [7, 11) is 0. The first-order chi connectivity index (χ1) is 8.36. The third-order valence-electron chi connectivity index (χ3n) is 2.32. The topological polar surface area (TPSA) is 45.4 Å². The van der Waals surface area contributed by atoms with Gasteiger partial charge in [-0.3, -0.25) is 0 Å². The molecule has 0 aliphatic carbocycles. The summed E-state index contributed by atoms with van der Waals surface area (Å²) >= 11 is 0. The molecular formula is C14H17N2O. The number of unbranched alkanes of at least 4 members (excludes halogenated alkanes) is 3. The number of hydrogen-bond acceptors (Lipinski definition) is 3. The average Bonchev–Trinajstić information content (AvgIpc) is 2.38. The van der Waals surface area contributed by atoms with Crippen molar-refractivity contribution in [2.45, 2.75) is 32.6 Å². The molecule has 3 heteroatoms. The smallest absolute Gasteiger partial charge is 0.139 e. The highest BCUT2D eigenvalue weighted by Gasteiger charge is 1.92. The van der Waals surface area contributed by atoms with Crippen LogP contribution in [0.2, 0.25) is 0 Å². The Morgan fingerprint density at radius 1 is 1.24 bits per heavy atom. The highest BCUT2D eigenvalue weighted by Crippen LogP contribution is 2.02. The average molecular weight is 229 g/mol. The standard InChI is InChI=1S/C14H17N2O/c1-2-3-4-5-9-17-16-12-14-8-6-7-13(10-14)11-15/h6-8,10H,2-5,9H2,1H3. The number of benzene rings is 1. The third-order valence-corrected chi connectivity index (χ3v) is 2.32. The minimum absolute atomic E-state index is 0.605. The fourth-order valence-electron chi connectivity index (χ4n) is 1.38. The van der Waals surface area contributed by atoms with Crippen LogP contribution in [-0.4, -0.2) is 12.8 Å². The van der Waals surface area contributed by atoms with Gasteiger partial charge in [-0.15, -0.1) is 0 Å². The van der Waals surface area contributed by atoms with Crippen LogP contribution in [-0.2, 0) is 4.84 Å². The van der Waals surface area contributed by atoms with Gasteiger partial charge in [0.05, 0.1) is 11.6 Å². The molecule has 1 radical (unpaired) electrons. The van der Waals surface area contributed by atoms with E-state index in [-0.39, 0.29) is 0 Å². The van der Waals surface area contributed by atoms with E-state index in [1.807, 2.05) is 6.07 Å². The van der Waals surface area contributed by atoms with Crippen LogP contribution in [0.15, 0.2) is 29.4 Å². The van der Waals surface area contributed by atoms with Gasteiger partial charge in [0, 0.05) is 5.56 Å². The lowest BCUT2D eigenvalue weighted by atomic mass is 10.1. The molecular weight excluding hydrogens is 212 g/mol. The Morgan fingerprint density at radius 2 is 2.06 bits per heavy atom. The summed E-state index contributed by atoms with van der Waals surface area (Å²) in [6.45, 7) is 2.81. The Balaban J connectivity index is 2.26. The van der Waals surface area contributed by atoms with E-state index in [0.29, 0.717) is 12.2 Å². The van der Waals surface area contributed by atoms with Gasteiger partial charge in [0.2, 0.25) is 0 Å². The van der Waals surface area contributed by atoms with Gasteiger partial charge in [-0.1, -0.05) is 37.1 Å². The predicted molar refractivity (Wildman–Crippen MR) is 67.8 cm³/mol. The quantitative estimate of drug-likeness (QED) is 0.409. The van der Waals surface area contributed by atoms with E-state index in [1.54, 1.807) is 18.2 Å². The Bertz CT molecular complexity index is 393. The van der Waals surface area contributed by atoms with E-state index in [4.69, 9.17) is 10.1 Å². The molecule has 0 heterocycles. The summed E-state index contributed by atoms with van der Waals surface area (Å²) in [6, 6.07) is 9.18. The van der Waals surface area contributed by atoms with Crippen molar-refractivity contribution in [3.05, 3.63) is 35.4 Å². The molecule has 0 fully saturated rings. The van der Waals surface area contributed by atoms with Gasteiger partial charge in [0.15, 0.2) is 0 Å². The first kappa shape index (κ1) is 13.2. The summed E-state index contributed by atoms with van der Waals surface area (Å²) in [5.41, 5.74) is 1.37. The molecule has 0 saturated heterocycles. The van der Waals surface area contributed by atoms with Gasteiger partial charge >= 0.3 is 0 Å². The maximum Gasteiger partial charge on any atom is 0.139 e. The predicted octanol–water partition coefficient (Wildman–Crippen LogP) is 3.37. The Morgan fingerprint density at radius 3 is 2.82 bits per heavy atom. The molecule has 1 aromatic carbocycles. The zero-order valence-corrected chi connectivity index (χ0v) is 10.1. The molecule has 3 nitrogen and oxygen atoms in total. The molecule has 0 spiro atoms. The second-order valence-electron chi connectivity index (χ2n) is 3.79. The first-order valence-electron chi connectivity index (χ1n) is 5.95. The SMILES string of the molecule is CCCCCCO/N=[C]/c1cccc(C#N)c1. The van der Waals surface area contributed by atoms with Crippen LogP contribution in [0.5, 0.6) is 0 Å². The van der Waals surface area contributed by atoms with Crippen molar-refractivity contribution in [3.8, 4) is 6.07 Å². The molecule has 0 saturated carbocycles. The van der Waals surface area contributed by atoms with Crippen molar-refractivity contribution in [1.82, 2.24) is 0 Å². The van der Waals surface area contributed by atoms with Gasteiger partial charge in [0.25, 0.3) is 0 Å². The highest BCUT2D eigenvalue weighted by molar-refractivity contribution is 5.79. The second kappa shape index (κ2) is 8.35. The third kappa shape index (κ3) is 5.72. The zero-order valence-electron chi connectivity index (χ0n) is 10.1. The molecule has 0 aliphatic rings. The van der Waals surface area contributed by atoms with Crippen molar-refractivity contribution in [2.75, 3.05) is 6.61 Å². The number of nitrogens with zero attached hydrogens (tertiary/aromatic N) is 2. The molecule has 89 valence electrons. The van der Waals surface area contributed by atoms with E-state index in [2.05, 4.69) is 24.4 Å². The van der Waals surface area contributed by atoms with E-state index in [9.17, 15) is 0 Å². The van der Waals surface area contributed by atoms with Crippen LogP contribution in [0.25, 0.3) is 0 Å². The molecule has 0 amide bonds. The summed E-state index contributed by atoms with van der Waals surface area (Å²) in [6.07, 6.45) is 7.42.